The molecule has 4 heteroatoms. The number of hydrogen-bond acceptors (Lipinski definition) is 2. The van der Waals surface area contributed by atoms with E-state index in [1.807, 2.05) is 79.8 Å². The van der Waals surface area contributed by atoms with E-state index in [1.165, 1.54) is 0 Å². The Morgan fingerprint density at radius 3 is 2.45 bits per heavy atom. The molecule has 0 spiro atoms. The Bertz CT molecular complexity index is 1840. The molecule has 1 aliphatic heterocycles. The minimum Gasteiger partial charge on any atom is -0.489 e. The van der Waals surface area contributed by atoms with E-state index in [2.05, 4.69) is 66.3 Å². The molecule has 1 aromatic heterocycles. The Labute approximate surface area is 234 Å². The Kier molecular flexibility index (Phi) is 6.45. The van der Waals surface area contributed by atoms with Crippen LogP contribution in [0.4, 0.5) is 0 Å². The smallest absolute Gasteiger partial charge is 0.128 e. The van der Waals surface area contributed by atoms with Gasteiger partial charge in [-0.25, -0.2) is 0 Å². The number of hydrogen-bond donors (Lipinski definition) is 1. The van der Waals surface area contributed by atoms with Gasteiger partial charge >= 0.3 is 0 Å². The van der Waals surface area contributed by atoms with Crippen LogP contribution in [-0.2, 0) is 5.54 Å². The SMILES string of the molecule is C=C[C@](C)(N=C(N)c1ccc(-n2c3ccccc3c3cc4c(cc32)C(=C)/C=C\C=C/CO4)cc1)c1ccccc1. The summed E-state index contributed by atoms with van der Waals surface area (Å²) in [4.78, 5) is 4.87. The summed E-state index contributed by atoms with van der Waals surface area (Å²) in [5.74, 6) is 1.30. The molecule has 4 aromatic carbocycles. The first-order valence-electron chi connectivity index (χ1n) is 13.4. The maximum absolute atomic E-state index is 6.54. The lowest BCUT2D eigenvalue weighted by atomic mass is 9.93. The molecule has 0 amide bonds. The van der Waals surface area contributed by atoms with Crippen molar-refractivity contribution in [3.05, 3.63) is 151 Å². The molecule has 0 saturated heterocycles. The van der Waals surface area contributed by atoms with E-state index in [-0.39, 0.29) is 0 Å². The van der Waals surface area contributed by atoms with Crippen LogP contribution in [-0.4, -0.2) is 17.0 Å². The first-order chi connectivity index (χ1) is 19.5. The quantitative estimate of drug-likeness (QED) is 0.144. The summed E-state index contributed by atoms with van der Waals surface area (Å²) in [6.07, 6.45) is 9.84. The van der Waals surface area contributed by atoms with Crippen molar-refractivity contribution in [3.8, 4) is 11.4 Å². The zero-order chi connectivity index (χ0) is 27.7. The number of aliphatic imine (C=N–C) groups is 1. The summed E-state index contributed by atoms with van der Waals surface area (Å²) in [6.45, 7) is 10.9. The van der Waals surface area contributed by atoms with Gasteiger partial charge in [0.25, 0.3) is 0 Å². The number of rotatable bonds is 5. The predicted octanol–water partition coefficient (Wildman–Crippen LogP) is 8.11. The number of nitrogens with zero attached hydrogens (tertiary/aromatic N) is 2. The third kappa shape index (κ3) is 4.44. The van der Waals surface area contributed by atoms with Crippen molar-refractivity contribution < 1.29 is 4.74 Å². The number of amidine groups is 1. The van der Waals surface area contributed by atoms with Gasteiger partial charge in [-0.15, -0.1) is 6.58 Å². The minimum atomic E-state index is -0.624. The summed E-state index contributed by atoms with van der Waals surface area (Å²) < 4.78 is 8.42. The van der Waals surface area contributed by atoms with Crippen molar-refractivity contribution in [2.45, 2.75) is 12.5 Å². The number of benzene rings is 4. The van der Waals surface area contributed by atoms with Crippen LogP contribution in [0.5, 0.6) is 5.75 Å². The lowest BCUT2D eigenvalue weighted by molar-refractivity contribution is 0.362. The van der Waals surface area contributed by atoms with Crippen LogP contribution in [0.2, 0.25) is 0 Å². The highest BCUT2D eigenvalue weighted by Crippen LogP contribution is 2.38. The fraction of sp³-hybridized carbons (Fsp3) is 0.0833. The molecular weight excluding hydrogens is 490 g/mol. The fourth-order valence-electron chi connectivity index (χ4n) is 5.28. The third-order valence-electron chi connectivity index (χ3n) is 7.53. The summed E-state index contributed by atoms with van der Waals surface area (Å²) in [6, 6.07) is 31.1. The van der Waals surface area contributed by atoms with Crippen LogP contribution in [0.25, 0.3) is 33.1 Å². The first kappa shape index (κ1) is 25.2. The molecule has 0 fully saturated rings. The van der Waals surface area contributed by atoms with Crippen molar-refractivity contribution in [3.63, 3.8) is 0 Å². The Morgan fingerprint density at radius 1 is 0.925 bits per heavy atom. The third-order valence-corrected chi connectivity index (χ3v) is 7.53. The molecule has 4 nitrogen and oxygen atoms in total. The maximum atomic E-state index is 6.54. The van der Waals surface area contributed by atoms with Crippen LogP contribution >= 0.6 is 0 Å². The number of ether oxygens (including phenoxy) is 1. The van der Waals surface area contributed by atoms with Crippen molar-refractivity contribution >= 4 is 33.2 Å². The molecule has 0 bridgehead atoms. The second-order valence-corrected chi connectivity index (χ2v) is 10.1. The number of allylic oxidation sites excluding steroid dienone is 4. The summed E-state index contributed by atoms with van der Waals surface area (Å²) in [7, 11) is 0. The molecule has 0 unspecified atom stereocenters. The van der Waals surface area contributed by atoms with Gasteiger partial charge in [-0.3, -0.25) is 4.99 Å². The van der Waals surface area contributed by atoms with Gasteiger partial charge in [0.2, 0.25) is 0 Å². The van der Waals surface area contributed by atoms with Crippen LogP contribution in [0.1, 0.15) is 23.6 Å². The molecule has 1 atom stereocenters. The predicted molar refractivity (Wildman–Crippen MR) is 168 cm³/mol. The Balaban J connectivity index is 1.46. The Hall–Kier alpha value is -5.09. The van der Waals surface area contributed by atoms with Crippen LogP contribution in [0, 0.1) is 0 Å². The summed E-state index contributed by atoms with van der Waals surface area (Å²) >= 11 is 0. The highest BCUT2D eigenvalue weighted by molar-refractivity contribution is 6.11. The number of nitrogens with two attached hydrogens (primary N) is 1. The van der Waals surface area contributed by atoms with E-state index in [0.29, 0.717) is 12.4 Å². The van der Waals surface area contributed by atoms with Gasteiger partial charge in [-0.1, -0.05) is 79.4 Å². The fourth-order valence-corrected chi connectivity index (χ4v) is 5.28. The van der Waals surface area contributed by atoms with E-state index < -0.39 is 5.54 Å². The van der Waals surface area contributed by atoms with Gasteiger partial charge in [0, 0.05) is 27.6 Å². The van der Waals surface area contributed by atoms with E-state index in [0.717, 1.165) is 55.5 Å². The normalized spacial score (nSPS) is 16.7. The zero-order valence-corrected chi connectivity index (χ0v) is 22.5. The van der Waals surface area contributed by atoms with Crippen molar-refractivity contribution in [1.29, 1.82) is 0 Å². The van der Waals surface area contributed by atoms with Gasteiger partial charge in [0.05, 0.1) is 11.0 Å². The van der Waals surface area contributed by atoms with E-state index in [9.17, 15) is 0 Å². The molecule has 2 N–H and O–H groups in total. The summed E-state index contributed by atoms with van der Waals surface area (Å²) in [5.41, 5.74) is 12.9. The van der Waals surface area contributed by atoms with Gasteiger partial charge in [0.15, 0.2) is 0 Å². The minimum absolute atomic E-state index is 0.464. The molecule has 2 heterocycles. The van der Waals surface area contributed by atoms with Crippen LogP contribution in [0.3, 0.4) is 0 Å². The zero-order valence-electron chi connectivity index (χ0n) is 22.5. The topological polar surface area (TPSA) is 52.5 Å². The van der Waals surface area contributed by atoms with Gasteiger partial charge in [0.1, 0.15) is 23.7 Å². The number of fused-ring (bicyclic) bond motifs is 4. The standard InChI is InChI=1S/C36H31N3O/c1-4-36(3,27-14-8-5-9-15-27)38-35(37)26-18-20-28(21-19-26)39-32-17-11-10-16-29(32)31-24-34-30(23-33(31)39)25(2)13-7-6-12-22-40-34/h4-21,23-24H,1-2,22H2,3H3,(H2,37,38)/b12-6-,13-7-/t36-/m0/s1. The molecule has 0 saturated carbocycles. The highest BCUT2D eigenvalue weighted by atomic mass is 16.5. The van der Waals surface area contributed by atoms with Crippen LogP contribution in [0.15, 0.2) is 140 Å². The van der Waals surface area contributed by atoms with E-state index in [4.69, 9.17) is 15.5 Å². The molecule has 196 valence electrons. The lowest BCUT2D eigenvalue weighted by Crippen LogP contribution is -2.23. The second-order valence-electron chi connectivity index (χ2n) is 10.1. The number of aromatic nitrogens is 1. The van der Waals surface area contributed by atoms with Crippen molar-refractivity contribution in [2.75, 3.05) is 6.61 Å². The summed E-state index contributed by atoms with van der Waals surface area (Å²) in [5, 5.41) is 2.29. The van der Waals surface area contributed by atoms with E-state index in [1.54, 1.807) is 0 Å². The van der Waals surface area contributed by atoms with E-state index >= 15 is 0 Å². The van der Waals surface area contributed by atoms with Crippen LogP contribution < -0.4 is 10.5 Å². The molecule has 5 aromatic rings. The maximum Gasteiger partial charge on any atom is 0.128 e. The largest absolute Gasteiger partial charge is 0.489 e. The molecule has 0 radical (unpaired) electrons. The average Bonchev–Trinajstić information content (AvgIpc) is 3.35. The van der Waals surface area contributed by atoms with Crippen molar-refractivity contribution in [2.24, 2.45) is 10.7 Å². The van der Waals surface area contributed by atoms with Gasteiger partial charge in [-0.2, -0.15) is 0 Å². The second kappa shape index (κ2) is 10.2. The van der Waals surface area contributed by atoms with Crippen molar-refractivity contribution in [1.82, 2.24) is 4.57 Å². The average molecular weight is 522 g/mol. The highest BCUT2D eigenvalue weighted by Gasteiger charge is 2.22. The molecule has 6 rings (SSSR count). The molecule has 0 aliphatic carbocycles. The van der Waals surface area contributed by atoms with Gasteiger partial charge < -0.3 is 15.0 Å². The lowest BCUT2D eigenvalue weighted by Gasteiger charge is -2.22. The molecule has 40 heavy (non-hydrogen) atoms. The molecule has 1 aliphatic rings. The number of para-hydroxylation sites is 1. The molecular formula is C36H31N3O. The van der Waals surface area contributed by atoms with Gasteiger partial charge in [-0.05, 0) is 66.6 Å². The monoisotopic (exact) mass is 521 g/mol. The Morgan fingerprint density at radius 2 is 1.68 bits per heavy atom. The first-order valence-corrected chi connectivity index (χ1v) is 13.4.